The molecule has 0 spiro atoms. The predicted molar refractivity (Wildman–Crippen MR) is 84.4 cm³/mol. The SMILES string of the molecule is CC(C)(C)c1ccccc1NCC(=O)c1ccccc1. The molecule has 0 saturated heterocycles. The highest BCUT2D eigenvalue weighted by Crippen LogP contribution is 2.29. The molecule has 0 saturated carbocycles. The van der Waals surface area contributed by atoms with E-state index < -0.39 is 0 Å². The third kappa shape index (κ3) is 3.47. The van der Waals surface area contributed by atoms with Crippen LogP contribution in [0.5, 0.6) is 0 Å². The van der Waals surface area contributed by atoms with Crippen molar-refractivity contribution in [3.8, 4) is 0 Å². The van der Waals surface area contributed by atoms with E-state index in [4.69, 9.17) is 0 Å². The molecule has 0 atom stereocenters. The van der Waals surface area contributed by atoms with Crippen LogP contribution in [-0.4, -0.2) is 12.3 Å². The smallest absolute Gasteiger partial charge is 0.181 e. The summed E-state index contributed by atoms with van der Waals surface area (Å²) in [6.45, 7) is 6.84. The number of anilines is 1. The summed E-state index contributed by atoms with van der Waals surface area (Å²) in [5.41, 5.74) is 3.05. The zero-order valence-electron chi connectivity index (χ0n) is 12.3. The summed E-state index contributed by atoms with van der Waals surface area (Å²) >= 11 is 0. The number of para-hydroxylation sites is 1. The van der Waals surface area contributed by atoms with Crippen LogP contribution in [0.2, 0.25) is 0 Å². The molecule has 20 heavy (non-hydrogen) atoms. The number of Topliss-reactive ketones (excluding diaryl/α,β-unsaturated/α-hetero) is 1. The van der Waals surface area contributed by atoms with Gasteiger partial charge in [-0.2, -0.15) is 0 Å². The Labute approximate surface area is 120 Å². The molecule has 104 valence electrons. The molecule has 0 radical (unpaired) electrons. The van der Waals surface area contributed by atoms with Gasteiger partial charge < -0.3 is 5.32 Å². The molecule has 0 unspecified atom stereocenters. The van der Waals surface area contributed by atoms with Crippen molar-refractivity contribution in [2.75, 3.05) is 11.9 Å². The highest BCUT2D eigenvalue weighted by Gasteiger charge is 2.17. The molecule has 0 fully saturated rings. The highest BCUT2D eigenvalue weighted by molar-refractivity contribution is 5.99. The van der Waals surface area contributed by atoms with Gasteiger partial charge >= 0.3 is 0 Å². The molecule has 0 heterocycles. The summed E-state index contributed by atoms with van der Waals surface area (Å²) in [6, 6.07) is 17.5. The Morgan fingerprint density at radius 3 is 2.20 bits per heavy atom. The lowest BCUT2D eigenvalue weighted by Gasteiger charge is -2.23. The molecule has 2 heteroatoms. The zero-order chi connectivity index (χ0) is 14.6. The Balaban J connectivity index is 2.11. The molecule has 2 aromatic rings. The van der Waals surface area contributed by atoms with Crippen LogP contribution in [0.25, 0.3) is 0 Å². The van der Waals surface area contributed by atoms with E-state index in [0.29, 0.717) is 6.54 Å². The Morgan fingerprint density at radius 1 is 0.950 bits per heavy atom. The van der Waals surface area contributed by atoms with Gasteiger partial charge in [0.1, 0.15) is 0 Å². The minimum atomic E-state index is 0.0549. The second-order valence-corrected chi connectivity index (χ2v) is 5.94. The molecule has 0 aliphatic carbocycles. The van der Waals surface area contributed by atoms with E-state index in [0.717, 1.165) is 11.3 Å². The molecular weight excluding hydrogens is 246 g/mol. The van der Waals surface area contributed by atoms with Crippen molar-refractivity contribution in [1.29, 1.82) is 0 Å². The molecule has 2 aromatic carbocycles. The fourth-order valence-corrected chi connectivity index (χ4v) is 2.19. The van der Waals surface area contributed by atoms with Crippen molar-refractivity contribution in [1.82, 2.24) is 0 Å². The first kappa shape index (κ1) is 14.3. The van der Waals surface area contributed by atoms with Gasteiger partial charge in [-0.1, -0.05) is 69.3 Å². The van der Waals surface area contributed by atoms with Gasteiger partial charge in [-0.05, 0) is 17.0 Å². The number of hydrogen-bond donors (Lipinski definition) is 1. The molecule has 0 amide bonds. The molecule has 0 aromatic heterocycles. The number of benzene rings is 2. The van der Waals surface area contributed by atoms with Crippen LogP contribution in [0.15, 0.2) is 54.6 Å². The lowest BCUT2D eigenvalue weighted by molar-refractivity contribution is 0.101. The first-order valence-corrected chi connectivity index (χ1v) is 6.90. The number of carbonyl (C=O) groups excluding carboxylic acids is 1. The first-order valence-electron chi connectivity index (χ1n) is 6.90. The minimum absolute atomic E-state index is 0.0549. The van der Waals surface area contributed by atoms with Gasteiger partial charge in [0.15, 0.2) is 5.78 Å². The summed E-state index contributed by atoms with van der Waals surface area (Å²) < 4.78 is 0. The van der Waals surface area contributed by atoms with E-state index >= 15 is 0 Å². The van der Waals surface area contributed by atoms with E-state index in [9.17, 15) is 4.79 Å². The van der Waals surface area contributed by atoms with Gasteiger partial charge in [0.05, 0.1) is 6.54 Å². The predicted octanol–water partition coefficient (Wildman–Crippen LogP) is 4.28. The van der Waals surface area contributed by atoms with Crippen molar-refractivity contribution in [2.45, 2.75) is 26.2 Å². The number of nitrogens with one attached hydrogen (secondary N) is 1. The van der Waals surface area contributed by atoms with E-state index in [-0.39, 0.29) is 11.2 Å². The van der Waals surface area contributed by atoms with Crippen molar-refractivity contribution >= 4 is 11.5 Å². The maximum atomic E-state index is 12.1. The molecular formula is C18H21NO. The normalized spacial score (nSPS) is 11.2. The summed E-state index contributed by atoms with van der Waals surface area (Å²) in [6.07, 6.45) is 0. The van der Waals surface area contributed by atoms with Gasteiger partial charge in [-0.15, -0.1) is 0 Å². The Kier molecular flexibility index (Phi) is 4.23. The second kappa shape index (κ2) is 5.91. The number of hydrogen-bond acceptors (Lipinski definition) is 2. The van der Waals surface area contributed by atoms with Crippen LogP contribution in [0.1, 0.15) is 36.7 Å². The van der Waals surface area contributed by atoms with Crippen LogP contribution in [0.3, 0.4) is 0 Å². The first-order chi connectivity index (χ1) is 9.48. The largest absolute Gasteiger partial charge is 0.377 e. The van der Waals surface area contributed by atoms with Gasteiger partial charge in [-0.25, -0.2) is 0 Å². The number of carbonyl (C=O) groups is 1. The van der Waals surface area contributed by atoms with Crippen LogP contribution < -0.4 is 5.32 Å². The van der Waals surface area contributed by atoms with Crippen molar-refractivity contribution < 1.29 is 4.79 Å². The summed E-state index contributed by atoms with van der Waals surface area (Å²) in [5.74, 6) is 0.106. The van der Waals surface area contributed by atoms with E-state index in [1.54, 1.807) is 0 Å². The number of rotatable bonds is 4. The highest BCUT2D eigenvalue weighted by atomic mass is 16.1. The Hall–Kier alpha value is -2.09. The fraction of sp³-hybridized carbons (Fsp3) is 0.278. The van der Waals surface area contributed by atoms with Gasteiger partial charge in [0.2, 0.25) is 0 Å². The molecule has 0 bridgehead atoms. The maximum absolute atomic E-state index is 12.1. The average molecular weight is 267 g/mol. The van der Waals surface area contributed by atoms with Gasteiger partial charge in [0.25, 0.3) is 0 Å². The number of ketones is 1. The van der Waals surface area contributed by atoms with Crippen molar-refractivity contribution in [3.63, 3.8) is 0 Å². The minimum Gasteiger partial charge on any atom is -0.377 e. The van der Waals surface area contributed by atoms with E-state index in [1.165, 1.54) is 5.56 Å². The quantitative estimate of drug-likeness (QED) is 0.838. The molecule has 2 rings (SSSR count). The fourth-order valence-electron chi connectivity index (χ4n) is 2.19. The van der Waals surface area contributed by atoms with E-state index in [1.807, 2.05) is 48.5 Å². The third-order valence-corrected chi connectivity index (χ3v) is 3.27. The maximum Gasteiger partial charge on any atom is 0.181 e. The standard InChI is InChI=1S/C18H21NO/c1-18(2,3)15-11-7-8-12-16(15)19-13-17(20)14-9-5-4-6-10-14/h4-12,19H,13H2,1-3H3. The molecule has 2 nitrogen and oxygen atoms in total. The Bertz CT molecular complexity index is 582. The summed E-state index contributed by atoms with van der Waals surface area (Å²) in [5, 5.41) is 3.27. The van der Waals surface area contributed by atoms with Crippen molar-refractivity contribution in [2.24, 2.45) is 0 Å². The van der Waals surface area contributed by atoms with Gasteiger partial charge in [0, 0.05) is 11.3 Å². The van der Waals surface area contributed by atoms with Gasteiger partial charge in [-0.3, -0.25) is 4.79 Å². The molecule has 0 aliphatic rings. The van der Waals surface area contributed by atoms with Crippen LogP contribution in [-0.2, 0) is 5.41 Å². The van der Waals surface area contributed by atoms with Crippen molar-refractivity contribution in [3.05, 3.63) is 65.7 Å². The second-order valence-electron chi connectivity index (χ2n) is 5.94. The molecule has 1 N–H and O–H groups in total. The van der Waals surface area contributed by atoms with Crippen LogP contribution in [0, 0.1) is 0 Å². The topological polar surface area (TPSA) is 29.1 Å². The zero-order valence-corrected chi connectivity index (χ0v) is 12.3. The van der Waals surface area contributed by atoms with E-state index in [2.05, 4.69) is 32.2 Å². The molecule has 0 aliphatic heterocycles. The monoisotopic (exact) mass is 267 g/mol. The summed E-state index contributed by atoms with van der Waals surface area (Å²) in [7, 11) is 0. The lowest BCUT2D eigenvalue weighted by atomic mass is 9.86. The Morgan fingerprint density at radius 2 is 1.55 bits per heavy atom. The van der Waals surface area contributed by atoms with Crippen LogP contribution >= 0.6 is 0 Å². The lowest BCUT2D eigenvalue weighted by Crippen LogP contribution is -2.19. The summed E-state index contributed by atoms with van der Waals surface area (Å²) in [4.78, 5) is 12.1. The third-order valence-electron chi connectivity index (χ3n) is 3.27. The average Bonchev–Trinajstić information content (AvgIpc) is 2.45. The van der Waals surface area contributed by atoms with Crippen LogP contribution in [0.4, 0.5) is 5.69 Å².